The molecule has 1 atom stereocenters. The summed E-state index contributed by atoms with van der Waals surface area (Å²) in [6.07, 6.45) is 1.70. The van der Waals surface area contributed by atoms with Crippen LogP contribution in [0.4, 0.5) is 0 Å². The van der Waals surface area contributed by atoms with E-state index in [1.165, 1.54) is 5.56 Å². The van der Waals surface area contributed by atoms with Crippen molar-refractivity contribution in [3.8, 4) is 5.75 Å². The van der Waals surface area contributed by atoms with E-state index in [1.54, 1.807) is 4.90 Å². The molecule has 2 rings (SSSR count). The van der Waals surface area contributed by atoms with Crippen LogP contribution in [0.25, 0.3) is 0 Å². The average molecular weight is 320 g/mol. The number of aliphatic carboxylic acids is 1. The Hall–Kier alpha value is -2.08. The molecule has 6 heteroatoms. The Morgan fingerprint density at radius 3 is 2.65 bits per heavy atom. The van der Waals surface area contributed by atoms with Crippen LogP contribution in [0, 0.1) is 0 Å². The van der Waals surface area contributed by atoms with Gasteiger partial charge in [-0.15, -0.1) is 0 Å². The highest BCUT2D eigenvalue weighted by Gasteiger charge is 2.36. The summed E-state index contributed by atoms with van der Waals surface area (Å²) in [6.45, 7) is 5.03. The highest BCUT2D eigenvalue weighted by atomic mass is 16.5. The number of aryl methyl sites for hydroxylation is 1. The van der Waals surface area contributed by atoms with Crippen molar-refractivity contribution >= 4 is 11.9 Å². The number of amides is 1. The summed E-state index contributed by atoms with van der Waals surface area (Å²) in [6, 6.07) is 7.72. The lowest BCUT2D eigenvalue weighted by Crippen LogP contribution is -2.48. The minimum Gasteiger partial charge on any atom is -0.484 e. The molecule has 1 aromatic carbocycles. The number of rotatable bonds is 7. The molecular weight excluding hydrogens is 296 g/mol. The van der Waals surface area contributed by atoms with E-state index in [1.807, 2.05) is 31.2 Å². The van der Waals surface area contributed by atoms with E-state index in [0.717, 1.165) is 12.8 Å². The summed E-state index contributed by atoms with van der Waals surface area (Å²) >= 11 is 0. The largest absolute Gasteiger partial charge is 0.484 e. The second-order valence-electron chi connectivity index (χ2n) is 6.16. The van der Waals surface area contributed by atoms with Gasteiger partial charge in [0.15, 0.2) is 6.61 Å². The van der Waals surface area contributed by atoms with Crippen LogP contribution >= 0.6 is 0 Å². The van der Waals surface area contributed by atoms with Crippen LogP contribution in [-0.2, 0) is 16.0 Å². The number of ether oxygens (including phenoxy) is 1. The van der Waals surface area contributed by atoms with Gasteiger partial charge < -0.3 is 14.7 Å². The molecule has 23 heavy (non-hydrogen) atoms. The molecule has 0 unspecified atom stereocenters. The van der Waals surface area contributed by atoms with Gasteiger partial charge in [0, 0.05) is 18.6 Å². The molecule has 1 amide bonds. The first kappa shape index (κ1) is 17.3. The van der Waals surface area contributed by atoms with Gasteiger partial charge in [-0.05, 0) is 37.5 Å². The molecule has 6 nitrogen and oxygen atoms in total. The molecule has 1 aromatic rings. The fourth-order valence-corrected chi connectivity index (χ4v) is 2.66. The smallest absolute Gasteiger partial charge is 0.317 e. The molecule has 0 radical (unpaired) electrons. The summed E-state index contributed by atoms with van der Waals surface area (Å²) in [5.41, 5.74) is 0.875. The zero-order valence-electron chi connectivity index (χ0n) is 13.7. The number of carbonyl (C=O) groups is 2. The maximum Gasteiger partial charge on any atom is 0.317 e. The minimum atomic E-state index is -0.894. The Morgan fingerprint density at radius 2 is 2.04 bits per heavy atom. The molecule has 2 N–H and O–H groups in total. The van der Waals surface area contributed by atoms with Crippen molar-refractivity contribution in [1.29, 1.82) is 0 Å². The van der Waals surface area contributed by atoms with Crippen molar-refractivity contribution < 1.29 is 19.4 Å². The zero-order valence-corrected chi connectivity index (χ0v) is 13.7. The summed E-state index contributed by atoms with van der Waals surface area (Å²) in [7, 11) is 0. The summed E-state index contributed by atoms with van der Waals surface area (Å²) in [5, 5.41) is 11.7. The maximum absolute atomic E-state index is 12.2. The number of benzene rings is 1. The molecule has 126 valence electrons. The molecule has 0 aliphatic carbocycles. The fraction of sp³-hybridized carbons (Fsp3) is 0.529. The van der Waals surface area contributed by atoms with Gasteiger partial charge in [0.05, 0.1) is 6.54 Å². The van der Waals surface area contributed by atoms with E-state index in [0.29, 0.717) is 18.8 Å². The third kappa shape index (κ3) is 4.96. The van der Waals surface area contributed by atoms with Gasteiger partial charge in [0.1, 0.15) is 5.75 Å². The van der Waals surface area contributed by atoms with E-state index >= 15 is 0 Å². The number of carbonyl (C=O) groups excluding carboxylic acids is 1. The fourth-order valence-electron chi connectivity index (χ4n) is 2.66. The van der Waals surface area contributed by atoms with Crippen LogP contribution in [0.2, 0.25) is 0 Å². The van der Waals surface area contributed by atoms with E-state index in [4.69, 9.17) is 9.84 Å². The Morgan fingerprint density at radius 1 is 1.35 bits per heavy atom. The number of carboxylic acids is 1. The lowest BCUT2D eigenvalue weighted by molar-refractivity contribution is -0.136. The average Bonchev–Trinajstić information content (AvgIpc) is 2.94. The zero-order chi connectivity index (χ0) is 16.9. The standard InChI is InChI=1S/C17H24N2O4/c1-3-13-4-6-14(7-5-13)23-11-15(20)19-9-8-17(2,12-19)18-10-16(21)22/h4-7,18H,3,8-12H2,1-2H3,(H,21,22)/t17-/m0/s1. The van der Waals surface area contributed by atoms with Gasteiger partial charge >= 0.3 is 5.97 Å². The molecule has 0 spiro atoms. The minimum absolute atomic E-state index is 0.000478. The lowest BCUT2D eigenvalue weighted by Gasteiger charge is -2.25. The third-order valence-electron chi connectivity index (χ3n) is 4.19. The van der Waals surface area contributed by atoms with Crippen LogP contribution in [0.15, 0.2) is 24.3 Å². The van der Waals surface area contributed by atoms with Crippen molar-refractivity contribution in [2.75, 3.05) is 26.2 Å². The molecule has 0 aromatic heterocycles. The van der Waals surface area contributed by atoms with E-state index in [2.05, 4.69) is 12.2 Å². The van der Waals surface area contributed by atoms with Crippen molar-refractivity contribution in [2.24, 2.45) is 0 Å². The van der Waals surface area contributed by atoms with Crippen molar-refractivity contribution in [3.05, 3.63) is 29.8 Å². The van der Waals surface area contributed by atoms with Crippen molar-refractivity contribution in [3.63, 3.8) is 0 Å². The molecule has 0 saturated carbocycles. The highest BCUT2D eigenvalue weighted by Crippen LogP contribution is 2.21. The van der Waals surface area contributed by atoms with E-state index in [9.17, 15) is 9.59 Å². The number of hydrogen-bond acceptors (Lipinski definition) is 4. The van der Waals surface area contributed by atoms with Gasteiger partial charge in [0.25, 0.3) is 5.91 Å². The molecule has 1 saturated heterocycles. The van der Waals surface area contributed by atoms with Crippen LogP contribution in [-0.4, -0.2) is 53.7 Å². The number of carboxylic acid groups (broad SMARTS) is 1. The number of nitrogens with one attached hydrogen (secondary N) is 1. The van der Waals surface area contributed by atoms with Gasteiger partial charge in [-0.25, -0.2) is 0 Å². The van der Waals surface area contributed by atoms with Crippen LogP contribution < -0.4 is 10.1 Å². The van der Waals surface area contributed by atoms with Gasteiger partial charge in [0.2, 0.25) is 0 Å². The van der Waals surface area contributed by atoms with Gasteiger partial charge in [-0.2, -0.15) is 0 Å². The second-order valence-corrected chi connectivity index (χ2v) is 6.16. The highest BCUT2D eigenvalue weighted by molar-refractivity contribution is 5.78. The SMILES string of the molecule is CCc1ccc(OCC(=O)N2CC[C@](C)(NCC(=O)O)C2)cc1. The monoisotopic (exact) mass is 320 g/mol. The third-order valence-corrected chi connectivity index (χ3v) is 4.19. The summed E-state index contributed by atoms with van der Waals surface area (Å²) < 4.78 is 5.54. The molecule has 1 heterocycles. The van der Waals surface area contributed by atoms with Crippen molar-refractivity contribution in [2.45, 2.75) is 32.2 Å². The Kier molecular flexibility index (Phi) is 5.60. The van der Waals surface area contributed by atoms with Crippen molar-refractivity contribution in [1.82, 2.24) is 10.2 Å². The molecule has 1 fully saturated rings. The second kappa shape index (κ2) is 7.46. The van der Waals surface area contributed by atoms with E-state index < -0.39 is 5.97 Å². The van der Waals surface area contributed by atoms with E-state index in [-0.39, 0.29) is 24.6 Å². The predicted octanol–water partition coefficient (Wildman–Crippen LogP) is 1.29. The molecule has 1 aliphatic rings. The predicted molar refractivity (Wildman–Crippen MR) is 86.6 cm³/mol. The Balaban J connectivity index is 1.81. The maximum atomic E-state index is 12.2. The quantitative estimate of drug-likeness (QED) is 0.791. The first-order valence-corrected chi connectivity index (χ1v) is 7.88. The van der Waals surface area contributed by atoms with Gasteiger partial charge in [-0.1, -0.05) is 19.1 Å². The summed E-state index contributed by atoms with van der Waals surface area (Å²) in [4.78, 5) is 24.6. The number of hydrogen-bond donors (Lipinski definition) is 2. The van der Waals surface area contributed by atoms with Crippen LogP contribution in [0.1, 0.15) is 25.8 Å². The first-order valence-electron chi connectivity index (χ1n) is 7.88. The first-order chi connectivity index (χ1) is 10.9. The Bertz CT molecular complexity index is 558. The number of nitrogens with zero attached hydrogens (tertiary/aromatic N) is 1. The molecule has 0 bridgehead atoms. The van der Waals surface area contributed by atoms with Crippen LogP contribution in [0.3, 0.4) is 0 Å². The number of likely N-dealkylation sites (tertiary alicyclic amines) is 1. The normalized spacial score (nSPS) is 20.5. The Labute approximate surface area is 136 Å². The summed E-state index contributed by atoms with van der Waals surface area (Å²) in [5.74, 6) is -0.290. The topological polar surface area (TPSA) is 78.9 Å². The van der Waals surface area contributed by atoms with Crippen LogP contribution in [0.5, 0.6) is 5.75 Å². The van der Waals surface area contributed by atoms with Gasteiger partial charge in [-0.3, -0.25) is 14.9 Å². The molecule has 1 aliphatic heterocycles. The lowest BCUT2D eigenvalue weighted by atomic mass is 10.0. The molecular formula is C17H24N2O4.